The molecule has 0 aliphatic heterocycles. The summed E-state index contributed by atoms with van der Waals surface area (Å²) in [6.45, 7) is 2.33. The van der Waals surface area contributed by atoms with Crippen molar-refractivity contribution in [1.29, 1.82) is 0 Å². The number of aromatic hydroxyl groups is 1. The van der Waals surface area contributed by atoms with Crippen LogP contribution in [0.1, 0.15) is 21.6 Å². The summed E-state index contributed by atoms with van der Waals surface area (Å²) in [7, 11) is 0. The van der Waals surface area contributed by atoms with Crippen LogP contribution >= 0.6 is 27.7 Å². The summed E-state index contributed by atoms with van der Waals surface area (Å²) < 4.78 is 0.989. The molecule has 2 aromatic heterocycles. The number of pyridine rings is 1. The van der Waals surface area contributed by atoms with E-state index in [1.165, 1.54) is 18.1 Å². The van der Waals surface area contributed by atoms with Crippen molar-refractivity contribution < 1.29 is 9.90 Å². The molecular formula is C28H22BrN5O2S. The number of rotatable bonds is 7. The van der Waals surface area contributed by atoms with E-state index in [-0.39, 0.29) is 11.7 Å². The standard InChI is InChI=1S/C28H22BrN5O2S/c1-17-2-12-23-26(33-17)31-16-32-27(23)34-24-14-19(28(36)30-15-18-3-6-20(29)7-4-18)5-13-25(24)37-22-10-8-21(35)9-11-22/h2-14,16,35H,15H2,1H3,(H,30,36)(H,31,32,33,34). The first-order chi connectivity index (χ1) is 17.9. The summed E-state index contributed by atoms with van der Waals surface area (Å²) in [6.07, 6.45) is 1.47. The molecule has 3 aromatic carbocycles. The number of carbonyl (C=O) groups is 1. The highest BCUT2D eigenvalue weighted by Crippen LogP contribution is 2.37. The summed E-state index contributed by atoms with van der Waals surface area (Å²) in [5, 5.41) is 16.8. The number of benzene rings is 3. The number of hydrogen-bond donors (Lipinski definition) is 3. The molecule has 5 aromatic rings. The molecule has 1 amide bonds. The Labute approximate surface area is 226 Å². The second kappa shape index (κ2) is 11.0. The molecule has 0 saturated heterocycles. The van der Waals surface area contributed by atoms with E-state index in [1.54, 1.807) is 18.2 Å². The number of carbonyl (C=O) groups excluding carboxylic acids is 1. The summed E-state index contributed by atoms with van der Waals surface area (Å²) in [6, 6.07) is 24.2. The van der Waals surface area contributed by atoms with Crippen LogP contribution in [0, 0.1) is 6.92 Å². The lowest BCUT2D eigenvalue weighted by Gasteiger charge is -2.15. The molecule has 184 valence electrons. The number of hydrogen-bond acceptors (Lipinski definition) is 7. The number of anilines is 2. The topological polar surface area (TPSA) is 100 Å². The highest BCUT2D eigenvalue weighted by Gasteiger charge is 2.14. The first kappa shape index (κ1) is 24.7. The van der Waals surface area contributed by atoms with Crippen molar-refractivity contribution in [3.8, 4) is 5.75 Å². The lowest BCUT2D eigenvalue weighted by atomic mass is 10.1. The maximum atomic E-state index is 13.0. The van der Waals surface area contributed by atoms with Gasteiger partial charge in [-0.2, -0.15) is 0 Å². The number of aryl methyl sites for hydroxylation is 1. The molecular weight excluding hydrogens is 550 g/mol. The van der Waals surface area contributed by atoms with E-state index in [2.05, 4.69) is 41.5 Å². The number of amides is 1. The number of nitrogens with zero attached hydrogens (tertiary/aromatic N) is 3. The second-order valence-electron chi connectivity index (χ2n) is 8.29. The smallest absolute Gasteiger partial charge is 0.251 e. The number of halogens is 1. The van der Waals surface area contributed by atoms with Crippen LogP contribution in [0.5, 0.6) is 5.75 Å². The van der Waals surface area contributed by atoms with Gasteiger partial charge >= 0.3 is 0 Å². The Morgan fingerprint density at radius 3 is 2.54 bits per heavy atom. The van der Waals surface area contributed by atoms with Crippen LogP contribution < -0.4 is 10.6 Å². The molecule has 0 radical (unpaired) electrons. The van der Waals surface area contributed by atoms with E-state index in [4.69, 9.17) is 0 Å². The van der Waals surface area contributed by atoms with Crippen molar-refractivity contribution in [3.63, 3.8) is 0 Å². The van der Waals surface area contributed by atoms with Crippen LogP contribution in [0.25, 0.3) is 11.0 Å². The quantitative estimate of drug-likeness (QED) is 0.201. The zero-order valence-corrected chi connectivity index (χ0v) is 22.2. The van der Waals surface area contributed by atoms with Crippen LogP contribution in [0.2, 0.25) is 0 Å². The first-order valence-electron chi connectivity index (χ1n) is 11.4. The Morgan fingerprint density at radius 2 is 1.76 bits per heavy atom. The minimum atomic E-state index is -0.183. The van der Waals surface area contributed by atoms with Crippen LogP contribution in [-0.2, 0) is 6.54 Å². The third kappa shape index (κ3) is 6.07. The summed E-state index contributed by atoms with van der Waals surface area (Å²) >= 11 is 4.94. The van der Waals surface area contributed by atoms with E-state index >= 15 is 0 Å². The van der Waals surface area contributed by atoms with Crippen molar-refractivity contribution in [2.45, 2.75) is 23.3 Å². The van der Waals surface area contributed by atoms with Gasteiger partial charge in [0.1, 0.15) is 17.9 Å². The first-order valence-corrected chi connectivity index (χ1v) is 13.0. The number of phenols is 1. The summed E-state index contributed by atoms with van der Waals surface area (Å²) in [4.78, 5) is 28.1. The Kier molecular flexibility index (Phi) is 7.34. The van der Waals surface area contributed by atoms with Gasteiger partial charge in [-0.25, -0.2) is 15.0 Å². The van der Waals surface area contributed by atoms with E-state index in [0.29, 0.717) is 23.6 Å². The lowest BCUT2D eigenvalue weighted by Crippen LogP contribution is -2.22. The fourth-order valence-electron chi connectivity index (χ4n) is 3.65. The molecule has 2 heterocycles. The molecule has 3 N–H and O–H groups in total. The number of fused-ring (bicyclic) bond motifs is 1. The molecule has 7 nitrogen and oxygen atoms in total. The maximum Gasteiger partial charge on any atom is 0.251 e. The third-order valence-electron chi connectivity index (χ3n) is 5.56. The number of phenolic OH excluding ortho intramolecular Hbond substituents is 1. The van der Waals surface area contributed by atoms with Gasteiger partial charge in [-0.15, -0.1) is 0 Å². The highest BCUT2D eigenvalue weighted by atomic mass is 79.9. The Bertz CT molecular complexity index is 1580. The van der Waals surface area contributed by atoms with Gasteiger partial charge in [-0.3, -0.25) is 4.79 Å². The fourth-order valence-corrected chi connectivity index (χ4v) is 4.80. The van der Waals surface area contributed by atoms with Crippen molar-refractivity contribution >= 4 is 56.1 Å². The van der Waals surface area contributed by atoms with Gasteiger partial charge in [0, 0.05) is 32.1 Å². The summed E-state index contributed by atoms with van der Waals surface area (Å²) in [5.74, 6) is 0.616. The van der Waals surface area contributed by atoms with Gasteiger partial charge in [0.25, 0.3) is 5.91 Å². The molecule has 0 fully saturated rings. The zero-order valence-electron chi connectivity index (χ0n) is 19.8. The van der Waals surface area contributed by atoms with Crippen LogP contribution in [0.3, 0.4) is 0 Å². The SMILES string of the molecule is Cc1ccc2c(Nc3cc(C(=O)NCc4ccc(Br)cc4)ccc3Sc3ccc(O)cc3)ncnc2n1. The van der Waals surface area contributed by atoms with Gasteiger partial charge < -0.3 is 15.7 Å². The van der Waals surface area contributed by atoms with E-state index in [9.17, 15) is 9.90 Å². The normalized spacial score (nSPS) is 10.9. The van der Waals surface area contributed by atoms with E-state index in [1.807, 2.05) is 67.6 Å². The molecule has 9 heteroatoms. The summed E-state index contributed by atoms with van der Waals surface area (Å²) in [5.41, 5.74) is 3.69. The predicted octanol–water partition coefficient (Wildman–Crippen LogP) is 6.63. The molecule has 0 unspecified atom stereocenters. The van der Waals surface area contributed by atoms with Gasteiger partial charge in [-0.05, 0) is 79.2 Å². The largest absolute Gasteiger partial charge is 0.508 e. The monoisotopic (exact) mass is 571 g/mol. The maximum absolute atomic E-state index is 13.0. The van der Waals surface area contributed by atoms with Gasteiger partial charge in [0.15, 0.2) is 5.65 Å². The van der Waals surface area contributed by atoms with Crippen molar-refractivity contribution in [3.05, 3.63) is 106 Å². The van der Waals surface area contributed by atoms with E-state index < -0.39 is 0 Å². The Morgan fingerprint density at radius 1 is 0.973 bits per heavy atom. The van der Waals surface area contributed by atoms with Gasteiger partial charge in [0.05, 0.1) is 11.1 Å². The average molecular weight is 572 g/mol. The third-order valence-corrected chi connectivity index (χ3v) is 7.17. The molecule has 37 heavy (non-hydrogen) atoms. The predicted molar refractivity (Wildman–Crippen MR) is 149 cm³/mol. The van der Waals surface area contributed by atoms with Crippen molar-refractivity contribution in [1.82, 2.24) is 20.3 Å². The average Bonchev–Trinajstić information content (AvgIpc) is 2.90. The molecule has 0 saturated carbocycles. The Balaban J connectivity index is 1.46. The minimum Gasteiger partial charge on any atom is -0.508 e. The Hall–Kier alpha value is -3.95. The minimum absolute atomic E-state index is 0.183. The molecule has 0 bridgehead atoms. The molecule has 0 aliphatic rings. The van der Waals surface area contributed by atoms with E-state index in [0.717, 1.165) is 36.6 Å². The van der Waals surface area contributed by atoms with Crippen molar-refractivity contribution in [2.75, 3.05) is 5.32 Å². The lowest BCUT2D eigenvalue weighted by molar-refractivity contribution is 0.0951. The fraction of sp³-hybridized carbons (Fsp3) is 0.0714. The van der Waals surface area contributed by atoms with Crippen LogP contribution in [0.4, 0.5) is 11.5 Å². The molecule has 0 atom stereocenters. The molecule has 0 aliphatic carbocycles. The van der Waals surface area contributed by atoms with Gasteiger partial charge in [-0.1, -0.05) is 39.8 Å². The molecule has 5 rings (SSSR count). The van der Waals surface area contributed by atoms with Crippen LogP contribution in [-0.4, -0.2) is 26.0 Å². The van der Waals surface area contributed by atoms with Crippen molar-refractivity contribution in [2.24, 2.45) is 0 Å². The highest BCUT2D eigenvalue weighted by molar-refractivity contribution is 9.10. The van der Waals surface area contributed by atoms with Crippen LogP contribution in [0.15, 0.2) is 99.5 Å². The number of aromatic nitrogens is 3. The molecule has 0 spiro atoms. The van der Waals surface area contributed by atoms with Gasteiger partial charge in [0.2, 0.25) is 0 Å². The number of nitrogens with one attached hydrogen (secondary N) is 2. The zero-order chi connectivity index (χ0) is 25.8. The second-order valence-corrected chi connectivity index (χ2v) is 10.3.